The summed E-state index contributed by atoms with van der Waals surface area (Å²) in [6, 6.07) is 6.32. The second-order valence-electron chi connectivity index (χ2n) is 5.88. The second-order valence-corrected chi connectivity index (χ2v) is 6.69. The van der Waals surface area contributed by atoms with E-state index < -0.39 is 5.97 Å². The van der Waals surface area contributed by atoms with Gasteiger partial charge in [-0.15, -0.1) is 0 Å². The van der Waals surface area contributed by atoms with Gasteiger partial charge in [-0.2, -0.15) is 0 Å². The summed E-state index contributed by atoms with van der Waals surface area (Å²) >= 11 is 12.7. The monoisotopic (exact) mass is 414 g/mol. The Morgan fingerprint density at radius 1 is 1.18 bits per heavy atom. The van der Waals surface area contributed by atoms with Crippen molar-refractivity contribution < 1.29 is 9.53 Å². The van der Waals surface area contributed by atoms with Crippen molar-refractivity contribution in [3.63, 3.8) is 0 Å². The molecule has 3 heterocycles. The third kappa shape index (κ3) is 3.04. The van der Waals surface area contributed by atoms with Gasteiger partial charge in [-0.3, -0.25) is 9.78 Å². The number of carbonyl (C=O) groups is 1. The molecule has 0 radical (unpaired) electrons. The first-order valence-corrected chi connectivity index (χ1v) is 8.84. The largest absolute Gasteiger partial charge is 0.465 e. The number of hydrogen-bond acceptors (Lipinski definition) is 6. The zero-order chi connectivity index (χ0) is 19.8. The third-order valence-electron chi connectivity index (χ3n) is 4.22. The lowest BCUT2D eigenvalue weighted by atomic mass is 10.1. The van der Waals surface area contributed by atoms with Crippen molar-refractivity contribution >= 4 is 62.4 Å². The average Bonchev–Trinajstić information content (AvgIpc) is 2.69. The van der Waals surface area contributed by atoms with Gasteiger partial charge in [-0.05, 0) is 24.3 Å². The number of hydrogen-bond donors (Lipinski definition) is 2. The highest BCUT2D eigenvalue weighted by atomic mass is 35.5. The van der Waals surface area contributed by atoms with E-state index in [0.29, 0.717) is 33.2 Å². The number of ether oxygens (including phenoxy) is 1. The van der Waals surface area contributed by atoms with Crippen LogP contribution in [0.3, 0.4) is 0 Å². The number of nitrogens with zero attached hydrogens (tertiary/aromatic N) is 2. The topological polar surface area (TPSA) is 97.0 Å². The maximum absolute atomic E-state index is 12.4. The van der Waals surface area contributed by atoms with E-state index in [1.165, 1.54) is 25.4 Å². The number of esters is 1. The fraction of sp³-hybridized carbons (Fsp3) is 0.0526. The minimum absolute atomic E-state index is 0.211. The van der Waals surface area contributed by atoms with Crippen molar-refractivity contribution in [2.45, 2.75) is 0 Å². The van der Waals surface area contributed by atoms with Crippen molar-refractivity contribution in [1.29, 1.82) is 0 Å². The molecule has 9 heteroatoms. The molecular formula is C19H12Cl2N4O3. The van der Waals surface area contributed by atoms with Gasteiger partial charge >= 0.3 is 5.97 Å². The average molecular weight is 415 g/mol. The van der Waals surface area contributed by atoms with Crippen LogP contribution in [0, 0.1) is 0 Å². The van der Waals surface area contributed by atoms with E-state index in [0.717, 1.165) is 0 Å². The number of carbonyl (C=O) groups excluding carboxylic acids is 1. The number of H-pyrrole nitrogens is 1. The molecular weight excluding hydrogens is 403 g/mol. The van der Waals surface area contributed by atoms with Crippen LogP contribution in [-0.4, -0.2) is 28.0 Å². The number of aromatic nitrogens is 3. The quantitative estimate of drug-likeness (QED) is 0.382. The second kappa shape index (κ2) is 7.10. The van der Waals surface area contributed by atoms with Gasteiger partial charge in [0.1, 0.15) is 5.82 Å². The molecule has 0 bridgehead atoms. The lowest BCUT2D eigenvalue weighted by Crippen LogP contribution is -2.08. The van der Waals surface area contributed by atoms with Gasteiger partial charge in [0.05, 0.1) is 39.3 Å². The number of aromatic amines is 1. The fourth-order valence-electron chi connectivity index (χ4n) is 2.94. The van der Waals surface area contributed by atoms with Gasteiger partial charge in [-0.25, -0.2) is 9.78 Å². The molecule has 7 nitrogen and oxygen atoms in total. The zero-order valence-electron chi connectivity index (χ0n) is 14.4. The summed E-state index contributed by atoms with van der Waals surface area (Å²) in [5.74, 6) is -0.155. The molecule has 1 aromatic carbocycles. The van der Waals surface area contributed by atoms with Gasteiger partial charge in [0.2, 0.25) is 0 Å². The number of methoxy groups -OCH3 is 1. The van der Waals surface area contributed by atoms with E-state index in [1.54, 1.807) is 24.5 Å². The predicted octanol–water partition coefficient (Wildman–Crippen LogP) is 4.31. The standard InChI is InChI=1S/C19H12Cl2N4O3/c1-28-19(27)9-6-12(20)16(13(21)7-9)25-17-10-2-5-23-18(26)15(10)11-8-22-4-3-14(11)24-17/h2-8H,1H3,(H,23,26)(H,24,25). The highest BCUT2D eigenvalue weighted by Crippen LogP contribution is 2.36. The summed E-state index contributed by atoms with van der Waals surface area (Å²) in [4.78, 5) is 35.5. The number of fused-ring (bicyclic) bond motifs is 3. The summed E-state index contributed by atoms with van der Waals surface area (Å²) in [7, 11) is 1.27. The van der Waals surface area contributed by atoms with Crippen LogP contribution in [0.25, 0.3) is 21.7 Å². The van der Waals surface area contributed by atoms with Crippen molar-refractivity contribution in [2.75, 3.05) is 12.4 Å². The number of nitrogens with one attached hydrogen (secondary N) is 2. The van der Waals surface area contributed by atoms with Gasteiger partial charge in [0.15, 0.2) is 0 Å². The number of anilines is 2. The Morgan fingerprint density at radius 2 is 1.93 bits per heavy atom. The van der Waals surface area contributed by atoms with E-state index in [-0.39, 0.29) is 21.2 Å². The lowest BCUT2D eigenvalue weighted by Gasteiger charge is -2.14. The summed E-state index contributed by atoms with van der Waals surface area (Å²) < 4.78 is 4.69. The third-order valence-corrected chi connectivity index (χ3v) is 4.82. The zero-order valence-corrected chi connectivity index (χ0v) is 15.9. The molecule has 0 atom stereocenters. The predicted molar refractivity (Wildman–Crippen MR) is 109 cm³/mol. The van der Waals surface area contributed by atoms with Crippen molar-refractivity contribution in [3.05, 3.63) is 68.8 Å². The molecule has 2 N–H and O–H groups in total. The van der Waals surface area contributed by atoms with Crippen LogP contribution in [0.2, 0.25) is 10.0 Å². The van der Waals surface area contributed by atoms with E-state index in [2.05, 4.69) is 20.3 Å². The van der Waals surface area contributed by atoms with Crippen LogP contribution >= 0.6 is 23.2 Å². The van der Waals surface area contributed by atoms with Crippen LogP contribution < -0.4 is 10.9 Å². The summed E-state index contributed by atoms with van der Waals surface area (Å²) in [5, 5.41) is 5.16. The molecule has 140 valence electrons. The highest BCUT2D eigenvalue weighted by Gasteiger charge is 2.17. The smallest absolute Gasteiger partial charge is 0.337 e. The van der Waals surface area contributed by atoms with Crippen LogP contribution in [-0.2, 0) is 4.74 Å². The molecule has 0 saturated carbocycles. The molecule has 0 fully saturated rings. The van der Waals surface area contributed by atoms with Crippen LogP contribution in [0.15, 0.2) is 47.7 Å². The minimum atomic E-state index is -0.552. The SMILES string of the molecule is COC(=O)c1cc(Cl)c(Nc2nc3ccncc3c3c(=O)[nH]ccc23)c(Cl)c1. The molecule has 0 saturated heterocycles. The van der Waals surface area contributed by atoms with Crippen molar-refractivity contribution in [1.82, 2.24) is 15.0 Å². The van der Waals surface area contributed by atoms with Crippen molar-refractivity contribution in [3.8, 4) is 0 Å². The maximum Gasteiger partial charge on any atom is 0.337 e. The van der Waals surface area contributed by atoms with Crippen LogP contribution in [0.1, 0.15) is 10.4 Å². The molecule has 28 heavy (non-hydrogen) atoms. The highest BCUT2D eigenvalue weighted by molar-refractivity contribution is 6.40. The van der Waals surface area contributed by atoms with Gasteiger partial charge in [-0.1, -0.05) is 23.2 Å². The first-order valence-electron chi connectivity index (χ1n) is 8.09. The van der Waals surface area contributed by atoms with Crippen LogP contribution in [0.4, 0.5) is 11.5 Å². The molecule has 0 unspecified atom stereocenters. The molecule has 3 aromatic heterocycles. The number of pyridine rings is 3. The Labute approximate surface area is 168 Å². The van der Waals surface area contributed by atoms with E-state index in [4.69, 9.17) is 27.9 Å². The first kappa shape index (κ1) is 18.2. The Bertz CT molecular complexity index is 1280. The number of rotatable bonds is 3. The Kier molecular flexibility index (Phi) is 4.62. The van der Waals surface area contributed by atoms with Gasteiger partial charge < -0.3 is 15.0 Å². The van der Waals surface area contributed by atoms with E-state index in [1.807, 2.05) is 0 Å². The van der Waals surface area contributed by atoms with Gasteiger partial charge in [0.25, 0.3) is 5.56 Å². The Hall–Kier alpha value is -3.16. The van der Waals surface area contributed by atoms with Crippen molar-refractivity contribution in [2.24, 2.45) is 0 Å². The molecule has 0 spiro atoms. The molecule has 4 rings (SSSR count). The van der Waals surface area contributed by atoms with E-state index >= 15 is 0 Å². The lowest BCUT2D eigenvalue weighted by molar-refractivity contribution is 0.0601. The molecule has 0 aliphatic heterocycles. The minimum Gasteiger partial charge on any atom is -0.465 e. The normalized spacial score (nSPS) is 11.0. The van der Waals surface area contributed by atoms with E-state index in [9.17, 15) is 9.59 Å². The van der Waals surface area contributed by atoms with Crippen LogP contribution in [0.5, 0.6) is 0 Å². The summed E-state index contributed by atoms with van der Waals surface area (Å²) in [5.41, 5.74) is 0.902. The molecule has 0 aliphatic rings. The van der Waals surface area contributed by atoms with Gasteiger partial charge in [0, 0.05) is 29.4 Å². The molecule has 4 aromatic rings. The summed E-state index contributed by atoms with van der Waals surface area (Å²) in [6.45, 7) is 0. The fourth-order valence-corrected chi connectivity index (χ4v) is 3.52. The summed E-state index contributed by atoms with van der Waals surface area (Å²) in [6.07, 6.45) is 4.71. The Balaban J connectivity index is 1.92. The first-order chi connectivity index (χ1) is 13.5. The Morgan fingerprint density at radius 3 is 2.64 bits per heavy atom. The molecule has 0 aliphatic carbocycles. The number of benzene rings is 1. The maximum atomic E-state index is 12.4. The number of halogens is 2. The molecule has 0 amide bonds.